The lowest BCUT2D eigenvalue weighted by atomic mass is 9.76. The summed E-state index contributed by atoms with van der Waals surface area (Å²) in [6.07, 6.45) is 5.68. The highest BCUT2D eigenvalue weighted by Gasteiger charge is 2.37. The van der Waals surface area contributed by atoms with E-state index >= 15 is 0 Å². The standard InChI is InChI=1S/C17H23NO2/c19-17(20-13-14-6-2-1-3-7-14)12-15-8-9-16(15)18-10-4-5-11-18/h1-3,6-7,15-16H,4-5,8-13H2/t15-,16-/m1/s1. The van der Waals surface area contributed by atoms with Crippen molar-refractivity contribution < 1.29 is 9.53 Å². The summed E-state index contributed by atoms with van der Waals surface area (Å²) < 4.78 is 5.39. The average molecular weight is 273 g/mol. The van der Waals surface area contributed by atoms with Crippen molar-refractivity contribution in [3.8, 4) is 0 Å². The first kappa shape index (κ1) is 13.6. The van der Waals surface area contributed by atoms with Crippen molar-refractivity contribution in [2.45, 2.75) is 44.8 Å². The van der Waals surface area contributed by atoms with Crippen molar-refractivity contribution in [2.75, 3.05) is 13.1 Å². The molecule has 1 heterocycles. The number of ether oxygens (including phenoxy) is 1. The SMILES string of the molecule is O=C(C[C@H]1CC[C@H]1N1CCCC1)OCc1ccccc1. The van der Waals surface area contributed by atoms with E-state index in [4.69, 9.17) is 4.74 Å². The van der Waals surface area contributed by atoms with E-state index in [1.807, 2.05) is 30.3 Å². The Hall–Kier alpha value is -1.35. The fourth-order valence-corrected chi connectivity index (χ4v) is 3.35. The monoisotopic (exact) mass is 273 g/mol. The Morgan fingerprint density at radius 2 is 1.90 bits per heavy atom. The molecule has 1 aliphatic carbocycles. The highest BCUT2D eigenvalue weighted by atomic mass is 16.5. The predicted molar refractivity (Wildman–Crippen MR) is 78.2 cm³/mol. The zero-order valence-corrected chi connectivity index (χ0v) is 12.0. The van der Waals surface area contributed by atoms with Crippen LogP contribution < -0.4 is 0 Å². The van der Waals surface area contributed by atoms with Crippen molar-refractivity contribution in [3.05, 3.63) is 35.9 Å². The smallest absolute Gasteiger partial charge is 0.306 e. The lowest BCUT2D eigenvalue weighted by Gasteiger charge is -2.42. The third kappa shape index (κ3) is 3.21. The molecule has 3 nitrogen and oxygen atoms in total. The van der Waals surface area contributed by atoms with E-state index in [0.717, 1.165) is 5.56 Å². The maximum absolute atomic E-state index is 11.9. The molecule has 0 amide bonds. The van der Waals surface area contributed by atoms with Crippen molar-refractivity contribution in [3.63, 3.8) is 0 Å². The quantitative estimate of drug-likeness (QED) is 0.772. The number of carbonyl (C=O) groups excluding carboxylic acids is 1. The van der Waals surface area contributed by atoms with Gasteiger partial charge in [-0.05, 0) is 50.3 Å². The third-order valence-corrected chi connectivity index (χ3v) is 4.66. The Bertz CT molecular complexity index is 440. The second-order valence-electron chi connectivity index (χ2n) is 6.00. The van der Waals surface area contributed by atoms with Crippen molar-refractivity contribution in [1.82, 2.24) is 4.90 Å². The summed E-state index contributed by atoms with van der Waals surface area (Å²) in [7, 11) is 0. The number of rotatable bonds is 5. The summed E-state index contributed by atoms with van der Waals surface area (Å²) in [6, 6.07) is 10.5. The fourth-order valence-electron chi connectivity index (χ4n) is 3.35. The van der Waals surface area contributed by atoms with Gasteiger partial charge in [-0.1, -0.05) is 30.3 Å². The van der Waals surface area contributed by atoms with Gasteiger partial charge >= 0.3 is 5.97 Å². The second-order valence-corrected chi connectivity index (χ2v) is 6.00. The molecule has 0 unspecified atom stereocenters. The largest absolute Gasteiger partial charge is 0.461 e. The third-order valence-electron chi connectivity index (χ3n) is 4.66. The van der Waals surface area contributed by atoms with Crippen LogP contribution in [0.3, 0.4) is 0 Å². The molecule has 1 saturated heterocycles. The Balaban J connectivity index is 1.42. The molecule has 3 rings (SSSR count). The van der Waals surface area contributed by atoms with Gasteiger partial charge in [0.15, 0.2) is 0 Å². The number of nitrogens with zero attached hydrogens (tertiary/aromatic N) is 1. The van der Waals surface area contributed by atoms with Crippen LogP contribution in [0.5, 0.6) is 0 Å². The summed E-state index contributed by atoms with van der Waals surface area (Å²) >= 11 is 0. The molecule has 0 radical (unpaired) electrons. The topological polar surface area (TPSA) is 29.5 Å². The van der Waals surface area contributed by atoms with Gasteiger partial charge < -0.3 is 9.64 Å². The van der Waals surface area contributed by atoms with Crippen LogP contribution in [0.1, 0.15) is 37.7 Å². The number of hydrogen-bond donors (Lipinski definition) is 0. The van der Waals surface area contributed by atoms with Crippen molar-refractivity contribution in [1.29, 1.82) is 0 Å². The van der Waals surface area contributed by atoms with Crippen LogP contribution in [-0.2, 0) is 16.1 Å². The lowest BCUT2D eigenvalue weighted by Crippen LogP contribution is -2.46. The molecular formula is C17H23NO2. The average Bonchev–Trinajstić information content (AvgIpc) is 2.96. The van der Waals surface area contributed by atoms with E-state index in [-0.39, 0.29) is 5.97 Å². The zero-order chi connectivity index (χ0) is 13.8. The normalized spacial score (nSPS) is 26.2. The predicted octanol–water partition coefficient (Wildman–Crippen LogP) is 2.99. The highest BCUT2D eigenvalue weighted by molar-refractivity contribution is 5.70. The molecule has 2 fully saturated rings. The van der Waals surface area contributed by atoms with Gasteiger partial charge in [0.25, 0.3) is 0 Å². The Morgan fingerprint density at radius 1 is 1.15 bits per heavy atom. The van der Waals surface area contributed by atoms with Gasteiger partial charge in [0.05, 0.1) is 0 Å². The fraction of sp³-hybridized carbons (Fsp3) is 0.588. The van der Waals surface area contributed by atoms with Crippen LogP contribution in [0.2, 0.25) is 0 Å². The van der Waals surface area contributed by atoms with E-state index in [1.165, 1.54) is 38.8 Å². The van der Waals surface area contributed by atoms with E-state index in [1.54, 1.807) is 0 Å². The summed E-state index contributed by atoms with van der Waals surface area (Å²) in [6.45, 7) is 2.85. The summed E-state index contributed by atoms with van der Waals surface area (Å²) in [5, 5.41) is 0. The van der Waals surface area contributed by atoms with Gasteiger partial charge in [0, 0.05) is 12.5 Å². The first-order valence-electron chi connectivity index (χ1n) is 7.76. The van der Waals surface area contributed by atoms with Crippen molar-refractivity contribution >= 4 is 5.97 Å². The number of benzene rings is 1. The molecule has 0 bridgehead atoms. The summed E-state index contributed by atoms with van der Waals surface area (Å²) in [5.41, 5.74) is 1.06. The number of carbonyl (C=O) groups is 1. The summed E-state index contributed by atoms with van der Waals surface area (Å²) in [5.74, 6) is 0.485. The lowest BCUT2D eigenvalue weighted by molar-refractivity contribution is -0.147. The summed E-state index contributed by atoms with van der Waals surface area (Å²) in [4.78, 5) is 14.5. The molecule has 1 aromatic carbocycles. The van der Waals surface area contributed by atoms with Crippen molar-refractivity contribution in [2.24, 2.45) is 5.92 Å². The second kappa shape index (κ2) is 6.40. The van der Waals surface area contributed by atoms with Gasteiger partial charge in [-0.3, -0.25) is 4.79 Å². The van der Waals surface area contributed by atoms with Crippen LogP contribution in [0.25, 0.3) is 0 Å². The van der Waals surface area contributed by atoms with Crippen LogP contribution in [0.4, 0.5) is 0 Å². The number of esters is 1. The van der Waals surface area contributed by atoms with Gasteiger partial charge in [0.2, 0.25) is 0 Å². The van der Waals surface area contributed by atoms with Gasteiger partial charge in [-0.2, -0.15) is 0 Å². The molecule has 1 aliphatic heterocycles. The molecule has 1 aromatic rings. The molecule has 0 spiro atoms. The molecule has 1 saturated carbocycles. The maximum atomic E-state index is 11.9. The number of likely N-dealkylation sites (tertiary alicyclic amines) is 1. The molecule has 0 N–H and O–H groups in total. The van der Waals surface area contributed by atoms with E-state index in [2.05, 4.69) is 4.90 Å². The zero-order valence-electron chi connectivity index (χ0n) is 12.0. The maximum Gasteiger partial charge on any atom is 0.306 e. The molecule has 3 heteroatoms. The van der Waals surface area contributed by atoms with E-state index < -0.39 is 0 Å². The first-order chi connectivity index (χ1) is 9.83. The van der Waals surface area contributed by atoms with Crippen LogP contribution >= 0.6 is 0 Å². The minimum Gasteiger partial charge on any atom is -0.461 e. The number of hydrogen-bond acceptors (Lipinski definition) is 3. The van der Waals surface area contributed by atoms with E-state index in [0.29, 0.717) is 25.0 Å². The molecule has 2 aliphatic rings. The molecule has 108 valence electrons. The van der Waals surface area contributed by atoms with Crippen LogP contribution in [-0.4, -0.2) is 30.0 Å². The minimum atomic E-state index is -0.0391. The van der Waals surface area contributed by atoms with Gasteiger partial charge in [0.1, 0.15) is 6.61 Å². The first-order valence-corrected chi connectivity index (χ1v) is 7.76. The van der Waals surface area contributed by atoms with Gasteiger partial charge in [-0.25, -0.2) is 0 Å². The molecule has 2 atom stereocenters. The minimum absolute atomic E-state index is 0.0391. The Morgan fingerprint density at radius 3 is 2.55 bits per heavy atom. The molecule has 0 aromatic heterocycles. The highest BCUT2D eigenvalue weighted by Crippen LogP contribution is 2.36. The Labute approximate surface area is 120 Å². The van der Waals surface area contributed by atoms with Gasteiger partial charge in [-0.15, -0.1) is 0 Å². The molecule has 20 heavy (non-hydrogen) atoms. The molecular weight excluding hydrogens is 250 g/mol. The Kier molecular flexibility index (Phi) is 4.36. The van der Waals surface area contributed by atoms with Crippen LogP contribution in [0.15, 0.2) is 30.3 Å². The van der Waals surface area contributed by atoms with E-state index in [9.17, 15) is 4.79 Å². The van der Waals surface area contributed by atoms with Crippen LogP contribution in [0, 0.1) is 5.92 Å².